The number of amides is 1. The molecule has 1 amide bonds. The highest BCUT2D eigenvalue weighted by atomic mass is 35.5. The first kappa shape index (κ1) is 24.4. The maximum atomic E-state index is 13.5. The van der Waals surface area contributed by atoms with Gasteiger partial charge in [0.05, 0.1) is 24.8 Å². The predicted octanol–water partition coefficient (Wildman–Crippen LogP) is 3.91. The first-order valence-corrected chi connectivity index (χ1v) is 12.0. The van der Waals surface area contributed by atoms with Crippen LogP contribution in [0.25, 0.3) is 0 Å². The summed E-state index contributed by atoms with van der Waals surface area (Å²) in [4.78, 5) is 12.7. The highest BCUT2D eigenvalue weighted by molar-refractivity contribution is 7.92. The number of nitrogens with one attached hydrogen (secondary N) is 1. The van der Waals surface area contributed by atoms with Crippen LogP contribution in [0.1, 0.15) is 5.56 Å². The topological polar surface area (TPSA) is 84.9 Å². The Bertz CT molecular complexity index is 1190. The van der Waals surface area contributed by atoms with Crippen LogP contribution >= 0.6 is 11.6 Å². The van der Waals surface area contributed by atoms with Crippen molar-refractivity contribution in [3.8, 4) is 11.5 Å². The summed E-state index contributed by atoms with van der Waals surface area (Å²) in [5, 5.41) is 3.43. The maximum absolute atomic E-state index is 13.5. The van der Waals surface area contributed by atoms with Gasteiger partial charge in [-0.1, -0.05) is 41.9 Å². The van der Waals surface area contributed by atoms with Crippen LogP contribution in [0, 0.1) is 0 Å². The number of carbonyl (C=O) groups is 1. The molecule has 0 aliphatic rings. The van der Waals surface area contributed by atoms with E-state index in [0.717, 1.165) is 9.87 Å². The fourth-order valence-corrected chi connectivity index (χ4v) is 4.76. The highest BCUT2D eigenvalue weighted by Crippen LogP contribution is 2.32. The van der Waals surface area contributed by atoms with Gasteiger partial charge in [-0.15, -0.1) is 0 Å². The fourth-order valence-electron chi connectivity index (χ4n) is 3.20. The number of anilines is 1. The van der Waals surface area contributed by atoms with Crippen molar-refractivity contribution in [1.82, 2.24) is 5.32 Å². The van der Waals surface area contributed by atoms with Crippen LogP contribution in [0.15, 0.2) is 77.7 Å². The van der Waals surface area contributed by atoms with Gasteiger partial charge >= 0.3 is 0 Å². The van der Waals surface area contributed by atoms with Crippen LogP contribution in [-0.2, 0) is 21.2 Å². The van der Waals surface area contributed by atoms with Crippen molar-refractivity contribution in [2.45, 2.75) is 11.3 Å². The standard InChI is InChI=1S/C24H25ClN2O5S/c1-31-22-13-12-21(16-23(22)32-2)33(29,30)27(20-6-4-3-5-7-20)17-24(28)26-15-14-18-8-10-19(25)11-9-18/h3-13,16H,14-15,17H2,1-2H3,(H,26,28). The van der Waals surface area contributed by atoms with Crippen LogP contribution in [0.4, 0.5) is 5.69 Å². The summed E-state index contributed by atoms with van der Waals surface area (Å²) < 4.78 is 38.5. The first-order chi connectivity index (χ1) is 15.8. The van der Waals surface area contributed by atoms with Gasteiger partial charge in [0, 0.05) is 17.6 Å². The van der Waals surface area contributed by atoms with E-state index >= 15 is 0 Å². The molecule has 33 heavy (non-hydrogen) atoms. The van der Waals surface area contributed by atoms with Gasteiger partial charge in [-0.3, -0.25) is 9.10 Å². The van der Waals surface area contributed by atoms with Gasteiger partial charge in [-0.05, 0) is 48.4 Å². The van der Waals surface area contributed by atoms with E-state index in [-0.39, 0.29) is 17.2 Å². The second-order valence-corrected chi connectivity index (χ2v) is 9.39. The molecule has 7 nitrogen and oxygen atoms in total. The van der Waals surface area contributed by atoms with Crippen LogP contribution in [-0.4, -0.2) is 41.6 Å². The third-order valence-electron chi connectivity index (χ3n) is 4.92. The molecule has 3 rings (SSSR count). The molecule has 0 bridgehead atoms. The minimum Gasteiger partial charge on any atom is -0.493 e. The fraction of sp³-hybridized carbons (Fsp3) is 0.208. The predicted molar refractivity (Wildman–Crippen MR) is 129 cm³/mol. The molecule has 0 saturated heterocycles. The summed E-state index contributed by atoms with van der Waals surface area (Å²) in [5.41, 5.74) is 1.39. The van der Waals surface area contributed by atoms with Crippen LogP contribution < -0.4 is 19.1 Å². The number of sulfonamides is 1. The summed E-state index contributed by atoms with van der Waals surface area (Å²) in [6.07, 6.45) is 0.594. The van der Waals surface area contributed by atoms with E-state index in [0.29, 0.717) is 29.4 Å². The van der Waals surface area contributed by atoms with E-state index in [9.17, 15) is 13.2 Å². The zero-order valence-electron chi connectivity index (χ0n) is 18.3. The van der Waals surface area contributed by atoms with Gasteiger partial charge in [0.15, 0.2) is 11.5 Å². The van der Waals surface area contributed by atoms with Crippen molar-refractivity contribution in [2.75, 3.05) is 31.6 Å². The van der Waals surface area contributed by atoms with Crippen molar-refractivity contribution in [3.05, 3.63) is 83.4 Å². The van der Waals surface area contributed by atoms with E-state index in [1.807, 2.05) is 12.1 Å². The molecular formula is C24H25ClN2O5S. The van der Waals surface area contributed by atoms with Crippen molar-refractivity contribution >= 4 is 33.2 Å². The molecule has 0 unspecified atom stereocenters. The molecule has 0 saturated carbocycles. The lowest BCUT2D eigenvalue weighted by molar-refractivity contribution is -0.119. The van der Waals surface area contributed by atoms with Crippen LogP contribution in [0.2, 0.25) is 5.02 Å². The summed E-state index contributed by atoms with van der Waals surface area (Å²) in [6.45, 7) is -0.0131. The summed E-state index contributed by atoms with van der Waals surface area (Å²) in [5.74, 6) is 0.263. The second-order valence-electron chi connectivity index (χ2n) is 7.09. The zero-order valence-corrected chi connectivity index (χ0v) is 19.9. The van der Waals surface area contributed by atoms with E-state index in [1.165, 1.54) is 32.4 Å². The van der Waals surface area contributed by atoms with E-state index in [4.69, 9.17) is 21.1 Å². The molecule has 3 aromatic carbocycles. The molecule has 3 aromatic rings. The number of methoxy groups -OCH3 is 2. The average molecular weight is 489 g/mol. The lowest BCUT2D eigenvalue weighted by atomic mass is 10.1. The van der Waals surface area contributed by atoms with Crippen LogP contribution in [0.5, 0.6) is 11.5 Å². The highest BCUT2D eigenvalue weighted by Gasteiger charge is 2.28. The number of para-hydroxylation sites is 1. The molecule has 1 N–H and O–H groups in total. The number of halogens is 1. The molecule has 0 aromatic heterocycles. The molecule has 0 spiro atoms. The van der Waals surface area contributed by atoms with E-state index in [2.05, 4.69) is 5.32 Å². The Morgan fingerprint density at radius 3 is 2.24 bits per heavy atom. The van der Waals surface area contributed by atoms with Gasteiger partial charge in [0.2, 0.25) is 5.91 Å². The number of hydrogen-bond acceptors (Lipinski definition) is 5. The van der Waals surface area contributed by atoms with E-state index < -0.39 is 15.9 Å². The molecule has 0 fully saturated rings. The number of benzene rings is 3. The Balaban J connectivity index is 1.80. The Morgan fingerprint density at radius 2 is 1.61 bits per heavy atom. The first-order valence-electron chi connectivity index (χ1n) is 10.2. The summed E-state index contributed by atoms with van der Waals surface area (Å²) >= 11 is 5.89. The Kier molecular flexibility index (Phi) is 8.19. The third kappa shape index (κ3) is 6.18. The van der Waals surface area contributed by atoms with Crippen molar-refractivity contribution in [2.24, 2.45) is 0 Å². The molecule has 174 valence electrons. The van der Waals surface area contributed by atoms with Gasteiger partial charge < -0.3 is 14.8 Å². The molecule has 0 radical (unpaired) electrons. The Labute approximate surface area is 198 Å². The monoisotopic (exact) mass is 488 g/mol. The largest absolute Gasteiger partial charge is 0.493 e. The number of hydrogen-bond donors (Lipinski definition) is 1. The third-order valence-corrected chi connectivity index (χ3v) is 6.95. The lowest BCUT2D eigenvalue weighted by Crippen LogP contribution is -2.41. The molecule has 0 atom stereocenters. The summed E-state index contributed by atoms with van der Waals surface area (Å²) in [6, 6.07) is 20.1. The minimum atomic E-state index is -4.07. The Hall–Kier alpha value is -3.23. The molecular weight excluding hydrogens is 464 g/mol. The molecule has 9 heteroatoms. The number of rotatable bonds is 10. The molecule has 0 aliphatic carbocycles. The van der Waals surface area contributed by atoms with Gasteiger partial charge in [-0.25, -0.2) is 8.42 Å². The van der Waals surface area contributed by atoms with Crippen molar-refractivity contribution in [3.63, 3.8) is 0 Å². The van der Waals surface area contributed by atoms with Gasteiger partial charge in [-0.2, -0.15) is 0 Å². The molecule has 0 aliphatic heterocycles. The van der Waals surface area contributed by atoms with Crippen LogP contribution in [0.3, 0.4) is 0 Å². The zero-order chi connectivity index (χ0) is 23.8. The van der Waals surface area contributed by atoms with Crippen molar-refractivity contribution < 1.29 is 22.7 Å². The van der Waals surface area contributed by atoms with E-state index in [1.54, 1.807) is 42.5 Å². The normalized spacial score (nSPS) is 11.0. The average Bonchev–Trinajstić information content (AvgIpc) is 2.83. The SMILES string of the molecule is COc1ccc(S(=O)(=O)N(CC(=O)NCCc2ccc(Cl)cc2)c2ccccc2)cc1OC. The lowest BCUT2D eigenvalue weighted by Gasteiger charge is -2.24. The van der Waals surface area contributed by atoms with Gasteiger partial charge in [0.25, 0.3) is 10.0 Å². The number of ether oxygens (including phenoxy) is 2. The quantitative estimate of drug-likeness (QED) is 0.467. The van der Waals surface area contributed by atoms with Crippen molar-refractivity contribution in [1.29, 1.82) is 0 Å². The maximum Gasteiger partial charge on any atom is 0.264 e. The smallest absolute Gasteiger partial charge is 0.264 e. The second kappa shape index (κ2) is 11.1. The summed E-state index contributed by atoms with van der Waals surface area (Å²) in [7, 11) is -1.17. The Morgan fingerprint density at radius 1 is 0.939 bits per heavy atom. The molecule has 0 heterocycles. The van der Waals surface area contributed by atoms with Gasteiger partial charge in [0.1, 0.15) is 6.54 Å². The minimum absolute atomic E-state index is 0.0158. The number of carbonyl (C=O) groups excluding carboxylic acids is 1. The number of nitrogens with zero attached hydrogens (tertiary/aromatic N) is 1.